The van der Waals surface area contributed by atoms with E-state index in [9.17, 15) is 5.11 Å². The summed E-state index contributed by atoms with van der Waals surface area (Å²) in [4.78, 5) is 0. The largest absolute Gasteiger partial charge is 0.391 e. The standard InChI is InChI=1S/C12H23NO2/c1-9-2-3-11(6-9)13-7-12(14)10-4-5-15-8-10/h9-14H,2-8H2,1H3. The molecule has 3 heteroatoms. The van der Waals surface area contributed by atoms with Crippen molar-refractivity contribution < 1.29 is 9.84 Å². The monoisotopic (exact) mass is 213 g/mol. The van der Waals surface area contributed by atoms with Crippen LogP contribution >= 0.6 is 0 Å². The van der Waals surface area contributed by atoms with Crippen LogP contribution < -0.4 is 5.32 Å². The molecule has 0 bridgehead atoms. The van der Waals surface area contributed by atoms with Crippen molar-refractivity contribution in [2.75, 3.05) is 19.8 Å². The lowest BCUT2D eigenvalue weighted by molar-refractivity contribution is 0.0884. The zero-order chi connectivity index (χ0) is 10.7. The minimum Gasteiger partial charge on any atom is -0.391 e. The van der Waals surface area contributed by atoms with Crippen molar-refractivity contribution in [3.05, 3.63) is 0 Å². The van der Waals surface area contributed by atoms with Gasteiger partial charge >= 0.3 is 0 Å². The number of nitrogens with one attached hydrogen (secondary N) is 1. The van der Waals surface area contributed by atoms with Crippen LogP contribution in [0.5, 0.6) is 0 Å². The Morgan fingerprint density at radius 1 is 1.40 bits per heavy atom. The van der Waals surface area contributed by atoms with E-state index in [0.717, 1.165) is 32.1 Å². The van der Waals surface area contributed by atoms with Crippen molar-refractivity contribution in [2.45, 2.75) is 44.8 Å². The normalized spacial score (nSPS) is 38.4. The molecular formula is C12H23NO2. The van der Waals surface area contributed by atoms with Crippen molar-refractivity contribution in [3.63, 3.8) is 0 Å². The third kappa shape index (κ3) is 3.16. The van der Waals surface area contributed by atoms with Gasteiger partial charge in [-0.15, -0.1) is 0 Å². The first-order chi connectivity index (χ1) is 7.25. The number of hydrogen-bond donors (Lipinski definition) is 2. The molecule has 1 heterocycles. The summed E-state index contributed by atoms with van der Waals surface area (Å²) in [5.74, 6) is 1.21. The summed E-state index contributed by atoms with van der Waals surface area (Å²) in [5, 5.41) is 13.4. The zero-order valence-electron chi connectivity index (χ0n) is 9.61. The van der Waals surface area contributed by atoms with Gasteiger partial charge in [0.25, 0.3) is 0 Å². The Bertz CT molecular complexity index is 192. The molecule has 0 amide bonds. The molecule has 4 unspecified atom stereocenters. The van der Waals surface area contributed by atoms with Gasteiger partial charge < -0.3 is 15.2 Å². The SMILES string of the molecule is CC1CCC(NCC(O)C2CCOC2)C1. The Kier molecular flexibility index (Phi) is 4.00. The lowest BCUT2D eigenvalue weighted by Gasteiger charge is -2.20. The Labute approximate surface area is 92.2 Å². The maximum Gasteiger partial charge on any atom is 0.0715 e. The van der Waals surface area contributed by atoms with Crippen LogP contribution in [0.4, 0.5) is 0 Å². The molecule has 2 rings (SSSR count). The van der Waals surface area contributed by atoms with E-state index in [1.165, 1.54) is 19.3 Å². The van der Waals surface area contributed by atoms with Gasteiger partial charge in [0.2, 0.25) is 0 Å². The highest BCUT2D eigenvalue weighted by Gasteiger charge is 2.26. The second-order valence-corrected chi connectivity index (χ2v) is 5.21. The summed E-state index contributed by atoms with van der Waals surface area (Å²) in [6.07, 6.45) is 4.68. The van der Waals surface area contributed by atoms with Crippen LogP contribution in [0.25, 0.3) is 0 Å². The fraction of sp³-hybridized carbons (Fsp3) is 1.00. The molecular weight excluding hydrogens is 190 g/mol. The highest BCUT2D eigenvalue weighted by atomic mass is 16.5. The Morgan fingerprint density at radius 3 is 2.87 bits per heavy atom. The number of hydrogen-bond acceptors (Lipinski definition) is 3. The van der Waals surface area contributed by atoms with Gasteiger partial charge in [-0.05, 0) is 31.6 Å². The van der Waals surface area contributed by atoms with Crippen LogP contribution in [-0.2, 0) is 4.74 Å². The Hall–Kier alpha value is -0.120. The molecule has 0 aromatic carbocycles. The van der Waals surface area contributed by atoms with E-state index in [-0.39, 0.29) is 6.10 Å². The fourth-order valence-electron chi connectivity index (χ4n) is 2.70. The number of rotatable bonds is 4. The molecule has 3 nitrogen and oxygen atoms in total. The van der Waals surface area contributed by atoms with Crippen LogP contribution in [0.2, 0.25) is 0 Å². The lowest BCUT2D eigenvalue weighted by Crippen LogP contribution is -2.38. The van der Waals surface area contributed by atoms with E-state index in [2.05, 4.69) is 12.2 Å². The summed E-state index contributed by atoms with van der Waals surface area (Å²) < 4.78 is 5.28. The fourth-order valence-corrected chi connectivity index (χ4v) is 2.70. The molecule has 15 heavy (non-hydrogen) atoms. The summed E-state index contributed by atoms with van der Waals surface area (Å²) in [5.41, 5.74) is 0. The van der Waals surface area contributed by atoms with Crippen molar-refractivity contribution >= 4 is 0 Å². The van der Waals surface area contributed by atoms with E-state index in [0.29, 0.717) is 12.0 Å². The van der Waals surface area contributed by atoms with Crippen molar-refractivity contribution in [3.8, 4) is 0 Å². The number of ether oxygens (including phenoxy) is 1. The molecule has 4 atom stereocenters. The molecule has 88 valence electrons. The molecule has 2 fully saturated rings. The van der Waals surface area contributed by atoms with E-state index in [4.69, 9.17) is 4.74 Å². The quantitative estimate of drug-likeness (QED) is 0.736. The predicted octanol–water partition coefficient (Wildman–Crippen LogP) is 1.16. The number of aliphatic hydroxyl groups is 1. The first-order valence-corrected chi connectivity index (χ1v) is 6.25. The molecule has 0 spiro atoms. The molecule has 2 N–H and O–H groups in total. The average molecular weight is 213 g/mol. The van der Waals surface area contributed by atoms with Crippen molar-refractivity contribution in [2.24, 2.45) is 11.8 Å². The zero-order valence-corrected chi connectivity index (χ0v) is 9.61. The van der Waals surface area contributed by atoms with Crippen LogP contribution in [-0.4, -0.2) is 37.0 Å². The summed E-state index contributed by atoms with van der Waals surface area (Å²) in [6, 6.07) is 0.636. The molecule has 1 aliphatic heterocycles. The molecule has 1 saturated heterocycles. The highest BCUT2D eigenvalue weighted by Crippen LogP contribution is 2.25. The first kappa shape index (κ1) is 11.4. The topological polar surface area (TPSA) is 41.5 Å². The summed E-state index contributed by atoms with van der Waals surface area (Å²) in [6.45, 7) is 4.61. The van der Waals surface area contributed by atoms with Gasteiger partial charge in [0.15, 0.2) is 0 Å². The van der Waals surface area contributed by atoms with Crippen molar-refractivity contribution in [1.29, 1.82) is 0 Å². The van der Waals surface area contributed by atoms with Crippen LogP contribution in [0, 0.1) is 11.8 Å². The molecule has 0 aromatic heterocycles. The average Bonchev–Trinajstić information content (AvgIpc) is 2.84. The smallest absolute Gasteiger partial charge is 0.0715 e. The van der Waals surface area contributed by atoms with Gasteiger partial charge in [-0.3, -0.25) is 0 Å². The maximum absolute atomic E-state index is 9.93. The van der Waals surface area contributed by atoms with Gasteiger partial charge in [0.1, 0.15) is 0 Å². The highest BCUT2D eigenvalue weighted by molar-refractivity contribution is 4.81. The van der Waals surface area contributed by atoms with Crippen molar-refractivity contribution in [1.82, 2.24) is 5.32 Å². The molecule has 1 saturated carbocycles. The maximum atomic E-state index is 9.93. The third-order valence-corrected chi connectivity index (χ3v) is 3.82. The van der Waals surface area contributed by atoms with Gasteiger partial charge in [-0.1, -0.05) is 6.92 Å². The molecule has 0 radical (unpaired) electrons. The van der Waals surface area contributed by atoms with Gasteiger partial charge in [-0.2, -0.15) is 0 Å². The lowest BCUT2D eigenvalue weighted by atomic mass is 10.0. The second-order valence-electron chi connectivity index (χ2n) is 5.21. The van der Waals surface area contributed by atoms with Crippen LogP contribution in [0.1, 0.15) is 32.6 Å². The number of aliphatic hydroxyl groups excluding tert-OH is 1. The van der Waals surface area contributed by atoms with E-state index < -0.39 is 0 Å². The van der Waals surface area contributed by atoms with E-state index in [1.54, 1.807) is 0 Å². The molecule has 2 aliphatic rings. The Balaban J connectivity index is 1.64. The summed E-state index contributed by atoms with van der Waals surface area (Å²) in [7, 11) is 0. The van der Waals surface area contributed by atoms with E-state index in [1.807, 2.05) is 0 Å². The van der Waals surface area contributed by atoms with Crippen LogP contribution in [0.15, 0.2) is 0 Å². The first-order valence-electron chi connectivity index (χ1n) is 6.25. The van der Waals surface area contributed by atoms with Crippen LogP contribution in [0.3, 0.4) is 0 Å². The van der Waals surface area contributed by atoms with Gasteiger partial charge in [0, 0.05) is 25.1 Å². The second kappa shape index (κ2) is 5.28. The minimum absolute atomic E-state index is 0.219. The van der Waals surface area contributed by atoms with Gasteiger partial charge in [0.05, 0.1) is 12.7 Å². The molecule has 0 aromatic rings. The Morgan fingerprint density at radius 2 is 2.27 bits per heavy atom. The minimum atomic E-state index is -0.219. The third-order valence-electron chi connectivity index (χ3n) is 3.82. The predicted molar refractivity (Wildman–Crippen MR) is 59.7 cm³/mol. The summed E-state index contributed by atoms with van der Waals surface area (Å²) >= 11 is 0. The molecule has 1 aliphatic carbocycles. The van der Waals surface area contributed by atoms with E-state index >= 15 is 0 Å². The van der Waals surface area contributed by atoms with Gasteiger partial charge in [-0.25, -0.2) is 0 Å².